The normalized spacial score (nSPS) is 14.8. The Morgan fingerprint density at radius 2 is 0.791 bits per heavy atom. The summed E-state index contributed by atoms with van der Waals surface area (Å²) in [7, 11) is 1.48. The molecule has 3 aromatic rings. The number of morpholine rings is 3. The molecule has 0 unspecified atom stereocenters. The van der Waals surface area contributed by atoms with Gasteiger partial charge in [-0.2, -0.15) is 0 Å². The molecule has 6 rings (SSSR count). The van der Waals surface area contributed by atoms with Crippen LogP contribution in [-0.4, -0.2) is 149 Å². The summed E-state index contributed by atoms with van der Waals surface area (Å²) >= 11 is 22.0. The molecular formula is C38H45I13N3O13-. The first-order valence-corrected chi connectivity index (χ1v) is 87.7. The van der Waals surface area contributed by atoms with Gasteiger partial charge >= 0.3 is 218 Å². The summed E-state index contributed by atoms with van der Waals surface area (Å²) in [6.45, 7) is 8.48. The van der Waals surface area contributed by atoms with Crippen LogP contribution in [0.2, 0.25) is 0 Å². The summed E-state index contributed by atoms with van der Waals surface area (Å²) in [4.78, 5) is 70.9. The van der Waals surface area contributed by atoms with Crippen molar-refractivity contribution < 1.29 is 75.9 Å². The smallest absolute Gasteiger partial charge is 0.335 e. The zero-order chi connectivity index (χ0) is 50.3. The van der Waals surface area contributed by atoms with Gasteiger partial charge in [-0.15, -0.1) is 0 Å². The molecule has 0 bridgehead atoms. The van der Waals surface area contributed by atoms with Crippen LogP contribution in [-0.2, 0) is 23.7 Å². The Balaban J connectivity index is 0.000000425. The number of nitrogens with one attached hydrogen (secondary N) is 1. The maximum absolute atomic E-state index is 12.1. The van der Waals surface area contributed by atoms with E-state index in [1.54, 1.807) is 46.2 Å². The van der Waals surface area contributed by atoms with Crippen LogP contribution in [0, 0.1) is 0 Å². The van der Waals surface area contributed by atoms with Crippen LogP contribution in [0.4, 0.5) is 0 Å². The Morgan fingerprint density at radius 1 is 0.507 bits per heavy atom. The molecule has 3 N–H and O–H groups in total. The Hall–Kier alpha value is 3.81. The number of hydrogen-bond acceptors (Lipinski definition) is 12. The molecule has 67 heavy (non-hydrogen) atoms. The number of hydrogen-bond donors (Lipinski definition) is 3. The Labute approximate surface area is 495 Å². The first-order chi connectivity index (χ1) is 31.9. The number of benzene rings is 3. The summed E-state index contributed by atoms with van der Waals surface area (Å²) in [5.41, 5.74) is 2.20. The molecule has 3 heterocycles. The molecule has 0 aromatic heterocycles. The molecule has 0 radical (unpaired) electrons. The summed E-state index contributed by atoms with van der Waals surface area (Å²) in [5, 5.41) is 20.5. The Kier molecular flexibility index (Phi) is 43.0. The van der Waals surface area contributed by atoms with E-state index in [9.17, 15) is 28.8 Å². The number of esters is 2. The van der Waals surface area contributed by atoms with Gasteiger partial charge in [0.05, 0.1) is 76.1 Å². The fraction of sp³-hybridized carbons (Fsp3) is 0.368. The van der Waals surface area contributed by atoms with Crippen LogP contribution in [0.3, 0.4) is 0 Å². The molecule has 3 aliphatic heterocycles. The molecule has 3 aromatic carbocycles. The van der Waals surface area contributed by atoms with Crippen LogP contribution < -0.4 is 18.6 Å². The van der Waals surface area contributed by atoms with Gasteiger partial charge in [-0.25, -0.2) is 19.2 Å². The van der Waals surface area contributed by atoms with Crippen molar-refractivity contribution in [1.82, 2.24) is 15.1 Å². The SMILES string of the molecule is C1COCCN1.COC(=O)c1ccc(C(=O)N2CCOCC2)cc1.COC(=O)c1ccc(C(=O)O)cc1.II(I)I(I)I.I[I-]I(I)I(I)I.O=C(O)c1ccc(C(=O)N2CCOCC2)cc1. The van der Waals surface area contributed by atoms with Gasteiger partial charge in [0.25, 0.3) is 11.8 Å². The summed E-state index contributed by atoms with van der Waals surface area (Å²) in [6.07, 6.45) is 0. The van der Waals surface area contributed by atoms with E-state index in [-0.39, 0.29) is 54.5 Å². The van der Waals surface area contributed by atoms with E-state index in [1.807, 2.05) is 0 Å². The molecule has 0 spiro atoms. The first-order valence-electron chi connectivity index (χ1n) is 18.6. The van der Waals surface area contributed by atoms with Gasteiger partial charge in [0, 0.05) is 50.4 Å². The molecule has 382 valence electrons. The second-order valence-electron chi connectivity index (χ2n) is 12.2. The number of carboxylic acid groups (broad SMARTS) is 2. The van der Waals surface area contributed by atoms with Crippen molar-refractivity contribution in [1.29, 1.82) is 0 Å². The van der Waals surface area contributed by atoms with Gasteiger partial charge in [-0.3, -0.25) is 9.59 Å². The molecule has 0 aliphatic carbocycles. The molecule has 3 aliphatic rings. The van der Waals surface area contributed by atoms with Crippen LogP contribution in [0.1, 0.15) is 62.1 Å². The van der Waals surface area contributed by atoms with E-state index < -0.39 is 23.9 Å². The zero-order valence-electron chi connectivity index (χ0n) is 35.1. The number of carbonyl (C=O) groups is 6. The standard InChI is InChI=1S/C13H15NO4.C12H13NO4.C9H8O4.C4H9NO.I7.I6/c1-17-13(16)11-4-2-10(3-5-11)12(15)14-6-8-18-9-7-14;14-11(13-5-7-17-8-6-13)9-1-3-10(4-2-9)12(15)16;1-13-9(12)7-4-2-6(3-5-7)8(10)11;1-3-6-4-2-5-1;1-5-7(4)6(2)3;1-5(2)6(3)4/h2-5H,6-9H2,1H3;1-4H,5-8H2,(H,15,16);2-5H,1H3,(H,10,11);5H,1-4H2;;/q;;;;-1;. The van der Waals surface area contributed by atoms with Gasteiger partial charge < -0.3 is 49.0 Å². The van der Waals surface area contributed by atoms with Crippen LogP contribution in [0.25, 0.3) is 0 Å². The molecule has 2 amide bonds. The summed E-state index contributed by atoms with van der Waals surface area (Å²) < 4.78 is 24.4. The average Bonchev–Trinajstić information content (AvgIpc) is 3.37. The number of methoxy groups -OCH3 is 2. The quantitative estimate of drug-likeness (QED) is 0.135. The third kappa shape index (κ3) is 31.0. The second kappa shape index (κ2) is 41.9. The molecular weight excluding hydrogens is 2360 g/mol. The van der Waals surface area contributed by atoms with E-state index in [4.69, 9.17) is 24.4 Å². The van der Waals surface area contributed by atoms with E-state index >= 15 is 0 Å². The fourth-order valence-electron chi connectivity index (χ4n) is 4.92. The van der Waals surface area contributed by atoms with Gasteiger partial charge in [-0.05, 0) is 72.8 Å². The number of nitrogens with zero attached hydrogens (tertiary/aromatic N) is 2. The number of amides is 2. The fourth-order valence-corrected chi connectivity index (χ4v) is 214. The third-order valence-corrected chi connectivity index (χ3v) is 421. The minimum atomic E-state index is -1.02. The maximum atomic E-state index is 12.1. The zero-order valence-corrected chi connectivity index (χ0v) is 63.2. The maximum Gasteiger partial charge on any atom is 0.335 e. The second-order valence-corrected chi connectivity index (χ2v) is 223. The van der Waals surface area contributed by atoms with Crippen molar-refractivity contribution in [3.05, 3.63) is 106 Å². The van der Waals surface area contributed by atoms with Crippen molar-refractivity contribution in [3.8, 4) is 0 Å². The van der Waals surface area contributed by atoms with Crippen molar-refractivity contribution in [2.75, 3.05) is 93.1 Å². The molecule has 29 heteroatoms. The number of halogens is 13. The predicted molar refractivity (Wildman–Crippen MR) is 361 cm³/mol. The Morgan fingerprint density at radius 3 is 0.985 bits per heavy atom. The monoisotopic (exact) mass is 2400 g/mol. The summed E-state index contributed by atoms with van der Waals surface area (Å²) in [5.74, 6) is -3.00. The summed E-state index contributed by atoms with van der Waals surface area (Å²) in [6, 6.07) is 18.0. The largest absolute Gasteiger partial charge is 0.478 e. The van der Waals surface area contributed by atoms with Gasteiger partial charge in [-0.1, -0.05) is 0 Å². The van der Waals surface area contributed by atoms with Crippen LogP contribution in [0.15, 0.2) is 72.8 Å². The minimum absolute atomic E-state index is 0.0327. The Bertz CT molecular complexity index is 1910. The number of carboxylic acids is 2. The van der Waals surface area contributed by atoms with Gasteiger partial charge in [0.1, 0.15) is 0 Å². The topological polar surface area (TPSA) is 208 Å². The minimum Gasteiger partial charge on any atom is -0.478 e. The molecule has 0 saturated carbocycles. The number of ether oxygens (including phenoxy) is 5. The van der Waals surface area contributed by atoms with E-state index in [0.717, 1.165) is 26.3 Å². The predicted octanol–water partition coefficient (Wildman–Crippen LogP) is 10.2. The van der Waals surface area contributed by atoms with Gasteiger partial charge in [0.15, 0.2) is 0 Å². The first kappa shape index (κ1) is 68.8. The molecule has 16 nitrogen and oxygen atoms in total. The van der Waals surface area contributed by atoms with Crippen molar-refractivity contribution in [2.45, 2.75) is 0 Å². The van der Waals surface area contributed by atoms with Crippen LogP contribution in [0.5, 0.6) is 0 Å². The third-order valence-electron chi connectivity index (χ3n) is 8.13. The van der Waals surface area contributed by atoms with Crippen molar-refractivity contribution in [2.24, 2.45) is 0 Å². The molecule has 3 saturated heterocycles. The number of carbonyl (C=O) groups excluding carboxylic acids is 4. The number of aromatic carboxylic acids is 2. The molecule has 0 atom stereocenters. The number of rotatable bonds is 9. The van der Waals surface area contributed by atoms with Gasteiger partial charge in [0.2, 0.25) is 0 Å². The van der Waals surface area contributed by atoms with Crippen molar-refractivity contribution >= 4 is 216 Å². The van der Waals surface area contributed by atoms with E-state index in [1.165, 1.54) is 50.6 Å². The van der Waals surface area contributed by atoms with E-state index in [0.29, 0.717) is 88.1 Å². The van der Waals surface area contributed by atoms with Crippen LogP contribution >= 0.6 is 181 Å². The van der Waals surface area contributed by atoms with Crippen molar-refractivity contribution in [3.63, 3.8) is 0 Å². The molecule has 3 fully saturated rings. The van der Waals surface area contributed by atoms with E-state index in [2.05, 4.69) is 164 Å². The average molecular weight is 2400 g/mol.